The first-order valence-electron chi connectivity index (χ1n) is 9.31. The van der Waals surface area contributed by atoms with E-state index in [4.69, 9.17) is 14.8 Å². The molecule has 1 N–H and O–H groups in total. The summed E-state index contributed by atoms with van der Waals surface area (Å²) in [4.78, 5) is 30.0. The Morgan fingerprint density at radius 1 is 1.29 bits per heavy atom. The fourth-order valence-corrected chi connectivity index (χ4v) is 3.75. The Morgan fingerprint density at radius 2 is 2.07 bits per heavy atom. The van der Waals surface area contributed by atoms with Crippen molar-refractivity contribution < 1.29 is 19.4 Å². The first-order valence-corrected chi connectivity index (χ1v) is 9.31. The van der Waals surface area contributed by atoms with Gasteiger partial charge >= 0.3 is 5.97 Å². The van der Waals surface area contributed by atoms with Crippen LogP contribution < -0.4 is 0 Å². The number of amides is 1. The maximum Gasteiger partial charge on any atom is 0.334 e. The Morgan fingerprint density at radius 3 is 2.86 bits per heavy atom. The van der Waals surface area contributed by atoms with Gasteiger partial charge in [0.25, 0.3) is 0 Å². The minimum absolute atomic E-state index is 0.0703. The van der Waals surface area contributed by atoms with E-state index in [0.717, 1.165) is 33.5 Å². The maximum absolute atomic E-state index is 12.6. The van der Waals surface area contributed by atoms with E-state index in [0.29, 0.717) is 19.4 Å². The van der Waals surface area contributed by atoms with Crippen molar-refractivity contribution in [1.82, 2.24) is 19.5 Å². The lowest BCUT2D eigenvalue weighted by Crippen LogP contribution is -2.48. The van der Waals surface area contributed by atoms with Crippen molar-refractivity contribution in [2.75, 3.05) is 19.7 Å². The first kappa shape index (κ1) is 18.4. The van der Waals surface area contributed by atoms with Gasteiger partial charge in [-0.1, -0.05) is 12.1 Å². The number of carboxylic acids is 1. The van der Waals surface area contributed by atoms with Gasteiger partial charge in [-0.2, -0.15) is 5.10 Å². The predicted octanol–water partition coefficient (Wildman–Crippen LogP) is 1.74. The van der Waals surface area contributed by atoms with Crippen molar-refractivity contribution in [3.05, 3.63) is 41.2 Å². The number of rotatable bonds is 4. The number of aryl methyl sites for hydroxylation is 2. The number of fused-ring (bicyclic) bond motifs is 3. The van der Waals surface area contributed by atoms with Crippen LogP contribution in [0.1, 0.15) is 23.4 Å². The second-order valence-electron chi connectivity index (χ2n) is 7.05. The number of carbonyl (C=O) groups is 2. The molecule has 1 amide bonds. The lowest BCUT2D eigenvalue weighted by molar-refractivity contribution is -0.159. The van der Waals surface area contributed by atoms with Crippen LogP contribution in [-0.4, -0.2) is 62.3 Å². The van der Waals surface area contributed by atoms with Crippen LogP contribution in [-0.2, 0) is 20.7 Å². The molecule has 0 saturated carbocycles. The van der Waals surface area contributed by atoms with Crippen LogP contribution in [0.2, 0.25) is 0 Å². The summed E-state index contributed by atoms with van der Waals surface area (Å²) in [5.74, 6) is -1.11. The number of ether oxygens (including phenoxy) is 1. The number of hydrogen-bond acceptors (Lipinski definition) is 5. The number of morpholine rings is 1. The molecule has 8 nitrogen and oxygen atoms in total. The summed E-state index contributed by atoms with van der Waals surface area (Å²) in [6.45, 7) is 4.69. The molecule has 2 aromatic heterocycles. The molecule has 4 rings (SSSR count). The van der Waals surface area contributed by atoms with Crippen LogP contribution in [0.5, 0.6) is 0 Å². The quantitative estimate of drug-likeness (QED) is 0.738. The summed E-state index contributed by atoms with van der Waals surface area (Å²) in [5, 5.41) is 14.7. The van der Waals surface area contributed by atoms with E-state index in [-0.39, 0.29) is 19.1 Å². The molecule has 146 valence electrons. The van der Waals surface area contributed by atoms with Crippen molar-refractivity contribution in [3.63, 3.8) is 0 Å². The molecule has 28 heavy (non-hydrogen) atoms. The number of aliphatic carboxylic acids is 1. The van der Waals surface area contributed by atoms with Gasteiger partial charge in [0.05, 0.1) is 18.7 Å². The number of carbonyl (C=O) groups excluding carboxylic acids is 1. The van der Waals surface area contributed by atoms with E-state index in [1.807, 2.05) is 42.6 Å². The molecule has 1 aliphatic rings. The fraction of sp³-hybridized carbons (Fsp3) is 0.400. The zero-order valence-corrected chi connectivity index (χ0v) is 15.9. The van der Waals surface area contributed by atoms with E-state index in [1.165, 1.54) is 0 Å². The third-order valence-corrected chi connectivity index (χ3v) is 5.30. The van der Waals surface area contributed by atoms with Crippen LogP contribution in [0.4, 0.5) is 0 Å². The molecule has 0 radical (unpaired) electrons. The van der Waals surface area contributed by atoms with Gasteiger partial charge in [0.1, 0.15) is 0 Å². The highest BCUT2D eigenvalue weighted by Gasteiger charge is 2.29. The summed E-state index contributed by atoms with van der Waals surface area (Å²) < 4.78 is 7.02. The fourth-order valence-electron chi connectivity index (χ4n) is 3.75. The van der Waals surface area contributed by atoms with Crippen molar-refractivity contribution >= 4 is 28.4 Å². The standard InChI is InChI=1S/C20H22N4O4/c1-12-14(7-8-18(25)23-9-10-28-17(11-23)20(26)27)13(2)24-19(21-12)15-5-3-4-6-16(15)22-24/h3-6,17H,7-11H2,1-2H3,(H,26,27). The molecule has 3 aromatic rings. The van der Waals surface area contributed by atoms with Crippen LogP contribution in [0.25, 0.3) is 16.6 Å². The van der Waals surface area contributed by atoms with Crippen molar-refractivity contribution in [2.24, 2.45) is 0 Å². The van der Waals surface area contributed by atoms with E-state index in [1.54, 1.807) is 4.90 Å². The van der Waals surface area contributed by atoms with Gasteiger partial charge in [-0.25, -0.2) is 14.3 Å². The Balaban J connectivity index is 1.55. The molecule has 8 heteroatoms. The Labute approximate surface area is 161 Å². The summed E-state index contributed by atoms with van der Waals surface area (Å²) in [6, 6.07) is 7.88. The van der Waals surface area contributed by atoms with Crippen LogP contribution in [0.3, 0.4) is 0 Å². The number of hydrogen-bond donors (Lipinski definition) is 1. The average Bonchev–Trinajstić information content (AvgIpc) is 3.06. The monoisotopic (exact) mass is 382 g/mol. The van der Waals surface area contributed by atoms with Crippen LogP contribution in [0, 0.1) is 13.8 Å². The zero-order chi connectivity index (χ0) is 19.8. The van der Waals surface area contributed by atoms with Gasteiger partial charge in [-0.15, -0.1) is 0 Å². The molecular weight excluding hydrogens is 360 g/mol. The maximum atomic E-state index is 12.6. The number of nitrogens with zero attached hydrogens (tertiary/aromatic N) is 4. The number of benzene rings is 1. The molecule has 0 aliphatic carbocycles. The smallest absolute Gasteiger partial charge is 0.334 e. The molecule has 1 unspecified atom stereocenters. The van der Waals surface area contributed by atoms with Crippen molar-refractivity contribution in [2.45, 2.75) is 32.8 Å². The van der Waals surface area contributed by atoms with Gasteiger partial charge in [-0.05, 0) is 38.0 Å². The van der Waals surface area contributed by atoms with Gasteiger partial charge < -0.3 is 14.7 Å². The summed E-state index contributed by atoms with van der Waals surface area (Å²) in [6.07, 6.45) is -0.122. The Bertz CT molecular complexity index is 1070. The van der Waals surface area contributed by atoms with E-state index in [2.05, 4.69) is 5.10 Å². The predicted molar refractivity (Wildman–Crippen MR) is 102 cm³/mol. The average molecular weight is 382 g/mol. The van der Waals surface area contributed by atoms with Gasteiger partial charge in [0.2, 0.25) is 5.91 Å². The topological polar surface area (TPSA) is 97.0 Å². The van der Waals surface area contributed by atoms with Crippen molar-refractivity contribution in [3.8, 4) is 0 Å². The van der Waals surface area contributed by atoms with Gasteiger partial charge in [0.15, 0.2) is 11.8 Å². The SMILES string of the molecule is Cc1nc2c3ccccc3nn2c(C)c1CCC(=O)N1CCOC(C(=O)O)C1. The molecule has 1 atom stereocenters. The lowest BCUT2D eigenvalue weighted by Gasteiger charge is -2.31. The number of carboxylic acid groups (broad SMARTS) is 1. The minimum Gasteiger partial charge on any atom is -0.479 e. The highest BCUT2D eigenvalue weighted by molar-refractivity contribution is 5.92. The van der Waals surface area contributed by atoms with Crippen LogP contribution in [0.15, 0.2) is 24.3 Å². The third kappa shape index (κ3) is 3.20. The highest BCUT2D eigenvalue weighted by Crippen LogP contribution is 2.23. The molecule has 1 aliphatic heterocycles. The van der Waals surface area contributed by atoms with E-state index < -0.39 is 12.1 Å². The van der Waals surface area contributed by atoms with Crippen molar-refractivity contribution in [1.29, 1.82) is 0 Å². The number of aromatic nitrogens is 3. The van der Waals surface area contributed by atoms with E-state index >= 15 is 0 Å². The Hall–Kier alpha value is -3.00. The second-order valence-corrected chi connectivity index (χ2v) is 7.05. The van der Waals surface area contributed by atoms with Gasteiger partial charge in [0, 0.05) is 29.7 Å². The first-order chi connectivity index (χ1) is 13.5. The largest absolute Gasteiger partial charge is 0.479 e. The lowest BCUT2D eigenvalue weighted by atomic mass is 10.1. The summed E-state index contributed by atoms with van der Waals surface area (Å²) in [7, 11) is 0. The van der Waals surface area contributed by atoms with Crippen LogP contribution >= 0.6 is 0 Å². The normalized spacial score (nSPS) is 17.4. The molecule has 1 fully saturated rings. The van der Waals surface area contributed by atoms with Gasteiger partial charge in [-0.3, -0.25) is 4.79 Å². The molecule has 0 bridgehead atoms. The molecule has 1 aromatic carbocycles. The highest BCUT2D eigenvalue weighted by atomic mass is 16.5. The molecule has 3 heterocycles. The van der Waals surface area contributed by atoms with E-state index in [9.17, 15) is 9.59 Å². The minimum atomic E-state index is -1.04. The third-order valence-electron chi connectivity index (χ3n) is 5.30. The second kappa shape index (κ2) is 7.20. The Kier molecular flexibility index (Phi) is 4.72. The molecular formula is C20H22N4O4. The summed E-state index contributed by atoms with van der Waals surface area (Å²) >= 11 is 0. The zero-order valence-electron chi connectivity index (χ0n) is 15.9. The molecule has 0 spiro atoms. The summed E-state index contributed by atoms with van der Waals surface area (Å²) in [5.41, 5.74) is 4.55. The molecule has 1 saturated heterocycles.